The van der Waals surface area contributed by atoms with Crippen molar-refractivity contribution < 1.29 is 28.5 Å². The lowest BCUT2D eigenvalue weighted by molar-refractivity contribution is -0.146. The molecule has 0 radical (unpaired) electrons. The number of methoxy groups -OCH3 is 3. The van der Waals surface area contributed by atoms with Crippen molar-refractivity contribution >= 4 is 11.8 Å². The third-order valence-corrected chi connectivity index (χ3v) is 5.28. The minimum atomic E-state index is -1.05. The molecule has 0 fully saturated rings. The second-order valence-corrected chi connectivity index (χ2v) is 7.72. The van der Waals surface area contributed by atoms with Gasteiger partial charge in [-0.1, -0.05) is 59.7 Å². The maximum absolute atomic E-state index is 13.3. The summed E-state index contributed by atoms with van der Waals surface area (Å²) in [6.07, 6.45) is -1.12. The SMILES string of the molecule is COc1cc(CC(=O)OC(C(=O)c2ccc(C)cc2)c2ccc(C)cc2)cc(OC)c1OC. The van der Waals surface area contributed by atoms with Crippen LogP contribution in [0.25, 0.3) is 0 Å². The molecule has 3 rings (SSSR count). The molecule has 0 spiro atoms. The molecule has 6 heteroatoms. The van der Waals surface area contributed by atoms with Crippen molar-refractivity contribution in [1.82, 2.24) is 0 Å². The first-order chi connectivity index (χ1) is 15.9. The van der Waals surface area contributed by atoms with Gasteiger partial charge in [0.1, 0.15) is 0 Å². The van der Waals surface area contributed by atoms with Crippen LogP contribution in [0.15, 0.2) is 60.7 Å². The number of hydrogen-bond acceptors (Lipinski definition) is 6. The van der Waals surface area contributed by atoms with Crippen LogP contribution in [-0.2, 0) is 16.0 Å². The number of aryl methyl sites for hydroxylation is 2. The van der Waals surface area contributed by atoms with Crippen molar-refractivity contribution in [3.8, 4) is 17.2 Å². The minimum absolute atomic E-state index is 0.0692. The Bertz CT molecular complexity index is 1090. The van der Waals surface area contributed by atoms with E-state index in [1.165, 1.54) is 21.3 Å². The lowest BCUT2D eigenvalue weighted by Crippen LogP contribution is -2.21. The van der Waals surface area contributed by atoms with Gasteiger partial charge in [-0.15, -0.1) is 0 Å². The first kappa shape index (κ1) is 23.9. The molecule has 1 atom stereocenters. The average molecular weight is 449 g/mol. The van der Waals surface area contributed by atoms with Crippen LogP contribution in [0.2, 0.25) is 0 Å². The molecule has 0 N–H and O–H groups in total. The van der Waals surface area contributed by atoms with E-state index >= 15 is 0 Å². The number of carbonyl (C=O) groups excluding carboxylic acids is 2. The third-order valence-electron chi connectivity index (χ3n) is 5.28. The van der Waals surface area contributed by atoms with E-state index in [1.807, 2.05) is 38.1 Å². The van der Waals surface area contributed by atoms with Gasteiger partial charge in [0, 0.05) is 11.1 Å². The summed E-state index contributed by atoms with van der Waals surface area (Å²) >= 11 is 0. The van der Waals surface area contributed by atoms with Crippen LogP contribution in [0.1, 0.15) is 38.7 Å². The second kappa shape index (κ2) is 10.7. The molecule has 6 nitrogen and oxygen atoms in total. The third kappa shape index (κ3) is 5.71. The van der Waals surface area contributed by atoms with Crippen LogP contribution < -0.4 is 14.2 Å². The highest BCUT2D eigenvalue weighted by molar-refractivity contribution is 6.01. The lowest BCUT2D eigenvalue weighted by atomic mass is 9.98. The smallest absolute Gasteiger partial charge is 0.311 e. The predicted octanol–water partition coefficient (Wildman–Crippen LogP) is 5.04. The number of rotatable bonds is 9. The van der Waals surface area contributed by atoms with E-state index in [-0.39, 0.29) is 12.2 Å². The van der Waals surface area contributed by atoms with E-state index in [4.69, 9.17) is 18.9 Å². The van der Waals surface area contributed by atoms with Crippen LogP contribution >= 0.6 is 0 Å². The zero-order valence-electron chi connectivity index (χ0n) is 19.5. The Labute approximate surface area is 194 Å². The predicted molar refractivity (Wildman–Crippen MR) is 125 cm³/mol. The summed E-state index contributed by atoms with van der Waals surface area (Å²) in [4.78, 5) is 26.2. The average Bonchev–Trinajstić information content (AvgIpc) is 2.82. The molecule has 1 unspecified atom stereocenters. The van der Waals surface area contributed by atoms with Crippen molar-refractivity contribution in [3.05, 3.63) is 88.5 Å². The summed E-state index contributed by atoms with van der Waals surface area (Å²) in [7, 11) is 4.53. The fourth-order valence-corrected chi connectivity index (χ4v) is 3.46. The molecule has 0 saturated heterocycles. The Kier molecular flexibility index (Phi) is 7.72. The van der Waals surface area contributed by atoms with Crippen LogP contribution in [-0.4, -0.2) is 33.1 Å². The fraction of sp³-hybridized carbons (Fsp3) is 0.259. The second-order valence-electron chi connectivity index (χ2n) is 7.72. The lowest BCUT2D eigenvalue weighted by Gasteiger charge is -2.19. The van der Waals surface area contributed by atoms with Crippen LogP contribution in [0.4, 0.5) is 0 Å². The number of Topliss-reactive ketones (excluding diaryl/α,β-unsaturated/α-hetero) is 1. The quantitative estimate of drug-likeness (QED) is 0.337. The van der Waals surface area contributed by atoms with Gasteiger partial charge in [0.05, 0.1) is 27.8 Å². The molecule has 0 aliphatic rings. The van der Waals surface area contributed by atoms with Crippen molar-refractivity contribution in [1.29, 1.82) is 0 Å². The van der Waals surface area contributed by atoms with Gasteiger partial charge in [0.2, 0.25) is 11.5 Å². The fourth-order valence-electron chi connectivity index (χ4n) is 3.46. The highest BCUT2D eigenvalue weighted by atomic mass is 16.5. The number of carbonyl (C=O) groups is 2. The Morgan fingerprint density at radius 3 is 1.76 bits per heavy atom. The monoisotopic (exact) mass is 448 g/mol. The molecule has 0 aliphatic carbocycles. The molecule has 0 aliphatic heterocycles. The highest BCUT2D eigenvalue weighted by Gasteiger charge is 2.27. The van der Waals surface area contributed by atoms with Gasteiger partial charge < -0.3 is 18.9 Å². The summed E-state index contributed by atoms with van der Waals surface area (Å²) in [5, 5.41) is 0. The van der Waals surface area contributed by atoms with E-state index < -0.39 is 12.1 Å². The van der Waals surface area contributed by atoms with Crippen LogP contribution in [0, 0.1) is 13.8 Å². The molecule has 0 saturated carbocycles. The maximum atomic E-state index is 13.3. The Balaban J connectivity index is 1.88. The molecule has 3 aromatic rings. The zero-order valence-corrected chi connectivity index (χ0v) is 19.5. The summed E-state index contributed by atoms with van der Waals surface area (Å²) < 4.78 is 21.8. The maximum Gasteiger partial charge on any atom is 0.311 e. The summed E-state index contributed by atoms with van der Waals surface area (Å²) in [6.45, 7) is 3.90. The van der Waals surface area contributed by atoms with Gasteiger partial charge in [-0.05, 0) is 31.5 Å². The van der Waals surface area contributed by atoms with Crippen molar-refractivity contribution in [2.45, 2.75) is 26.4 Å². The first-order valence-corrected chi connectivity index (χ1v) is 10.5. The van der Waals surface area contributed by atoms with E-state index in [9.17, 15) is 9.59 Å². The van der Waals surface area contributed by atoms with Crippen molar-refractivity contribution in [3.63, 3.8) is 0 Å². The molecule has 0 aromatic heterocycles. The first-order valence-electron chi connectivity index (χ1n) is 10.5. The Morgan fingerprint density at radius 1 is 0.758 bits per heavy atom. The van der Waals surface area contributed by atoms with Crippen molar-refractivity contribution in [2.75, 3.05) is 21.3 Å². The van der Waals surface area contributed by atoms with Gasteiger partial charge in [-0.3, -0.25) is 9.59 Å². The Morgan fingerprint density at radius 2 is 1.27 bits per heavy atom. The normalized spacial score (nSPS) is 11.4. The van der Waals surface area contributed by atoms with Gasteiger partial charge in [0.25, 0.3) is 0 Å². The van der Waals surface area contributed by atoms with Crippen molar-refractivity contribution in [2.24, 2.45) is 0 Å². The summed E-state index contributed by atoms with van der Waals surface area (Å²) in [5.41, 5.74) is 3.79. The molecule has 0 bridgehead atoms. The van der Waals surface area contributed by atoms with E-state index in [0.29, 0.717) is 33.9 Å². The Hall–Kier alpha value is -3.80. The molecular weight excluding hydrogens is 420 g/mol. The molecule has 33 heavy (non-hydrogen) atoms. The van der Waals surface area contributed by atoms with Gasteiger partial charge >= 0.3 is 5.97 Å². The van der Waals surface area contributed by atoms with E-state index in [0.717, 1.165) is 11.1 Å². The largest absolute Gasteiger partial charge is 0.493 e. The van der Waals surface area contributed by atoms with Gasteiger partial charge in [-0.2, -0.15) is 0 Å². The topological polar surface area (TPSA) is 71.1 Å². The number of ether oxygens (including phenoxy) is 4. The van der Waals surface area contributed by atoms with Gasteiger partial charge in [0.15, 0.2) is 17.6 Å². The van der Waals surface area contributed by atoms with E-state index in [1.54, 1.807) is 36.4 Å². The van der Waals surface area contributed by atoms with E-state index in [2.05, 4.69) is 0 Å². The number of benzene rings is 3. The summed E-state index contributed by atoms with van der Waals surface area (Å²) in [6, 6.07) is 18.0. The number of ketones is 1. The number of esters is 1. The zero-order chi connectivity index (χ0) is 24.0. The summed E-state index contributed by atoms with van der Waals surface area (Å²) in [5.74, 6) is 0.479. The molecule has 0 heterocycles. The highest BCUT2D eigenvalue weighted by Crippen LogP contribution is 2.38. The standard InChI is InChI=1S/C27H28O6/c1-17-6-10-20(11-7-17)25(29)26(21-12-8-18(2)9-13-21)33-24(28)16-19-14-22(30-3)27(32-5)23(15-19)31-4/h6-15,26H,16H2,1-5H3. The molecular formula is C27H28O6. The minimum Gasteiger partial charge on any atom is -0.493 e. The van der Waals surface area contributed by atoms with Crippen LogP contribution in [0.3, 0.4) is 0 Å². The molecule has 3 aromatic carbocycles. The molecule has 172 valence electrons. The van der Waals surface area contributed by atoms with Gasteiger partial charge in [-0.25, -0.2) is 0 Å². The molecule has 0 amide bonds. The van der Waals surface area contributed by atoms with Crippen LogP contribution in [0.5, 0.6) is 17.2 Å². The number of hydrogen-bond donors (Lipinski definition) is 0.